The Morgan fingerprint density at radius 2 is 1.85 bits per heavy atom. The van der Waals surface area contributed by atoms with Crippen LogP contribution in [-0.2, 0) is 0 Å². The molecule has 0 saturated heterocycles. The number of rotatable bonds is 4. The second-order valence-electron chi connectivity index (χ2n) is 4.60. The number of ether oxygens (including phenoxy) is 1. The van der Waals surface area contributed by atoms with Crippen molar-refractivity contribution in [3.8, 4) is 5.75 Å². The van der Waals surface area contributed by atoms with E-state index in [1.54, 1.807) is 18.2 Å². The highest BCUT2D eigenvalue weighted by molar-refractivity contribution is 6.35. The van der Waals surface area contributed by atoms with Gasteiger partial charge in [-0.15, -0.1) is 0 Å². The minimum absolute atomic E-state index is 0.0651. The molecule has 2 aromatic rings. The molecular weight excluding hydrogens is 295 g/mol. The van der Waals surface area contributed by atoms with Crippen LogP contribution in [0.4, 0.5) is 0 Å². The van der Waals surface area contributed by atoms with Gasteiger partial charge in [0.1, 0.15) is 5.75 Å². The summed E-state index contributed by atoms with van der Waals surface area (Å²) >= 11 is 11.9. The maximum Gasteiger partial charge on any atom is 0.201 e. The van der Waals surface area contributed by atoms with Gasteiger partial charge in [0.2, 0.25) is 5.78 Å². The Bertz CT molecular complexity index is 651. The molecule has 0 radical (unpaired) electrons. The number of carbonyl (C=O) groups excluding carboxylic acids is 1. The van der Waals surface area contributed by atoms with Crippen LogP contribution in [0.1, 0.15) is 21.5 Å². The first-order valence-corrected chi connectivity index (χ1v) is 6.91. The predicted molar refractivity (Wildman–Crippen MR) is 82.2 cm³/mol. The Kier molecular flexibility index (Phi) is 4.69. The summed E-state index contributed by atoms with van der Waals surface area (Å²) in [4.78, 5) is 12.1. The highest BCUT2D eigenvalue weighted by atomic mass is 35.5. The van der Waals surface area contributed by atoms with Crippen LogP contribution in [0, 0.1) is 13.8 Å². The summed E-state index contributed by atoms with van der Waals surface area (Å²) in [6, 6.07) is 10.7. The summed E-state index contributed by atoms with van der Waals surface area (Å²) in [7, 11) is 0. The van der Waals surface area contributed by atoms with Gasteiger partial charge in [-0.25, -0.2) is 0 Å². The standard InChI is InChI=1S/C16H14Cl2O2/c1-10-3-4-11(2)16(7-10)20-9-15(19)13-8-12(17)5-6-14(13)18/h3-8H,9H2,1-2H3. The number of hydrogen-bond donors (Lipinski definition) is 0. The van der Waals surface area contributed by atoms with Crippen LogP contribution in [0.5, 0.6) is 5.75 Å². The zero-order chi connectivity index (χ0) is 14.7. The SMILES string of the molecule is Cc1ccc(C)c(OCC(=O)c2cc(Cl)ccc2Cl)c1. The van der Waals surface area contributed by atoms with Crippen LogP contribution < -0.4 is 4.74 Å². The zero-order valence-electron chi connectivity index (χ0n) is 11.2. The fourth-order valence-electron chi connectivity index (χ4n) is 1.80. The van der Waals surface area contributed by atoms with Gasteiger partial charge >= 0.3 is 0 Å². The number of hydrogen-bond acceptors (Lipinski definition) is 2. The van der Waals surface area contributed by atoms with Crippen molar-refractivity contribution in [2.24, 2.45) is 0 Å². The average Bonchev–Trinajstić information content (AvgIpc) is 2.42. The predicted octanol–water partition coefficient (Wildman–Crippen LogP) is 4.87. The molecule has 0 unspecified atom stereocenters. The number of ketones is 1. The van der Waals surface area contributed by atoms with Crippen molar-refractivity contribution in [1.82, 2.24) is 0 Å². The van der Waals surface area contributed by atoms with Crippen molar-refractivity contribution < 1.29 is 9.53 Å². The van der Waals surface area contributed by atoms with Gasteiger partial charge in [-0.1, -0.05) is 35.3 Å². The molecule has 2 rings (SSSR count). The van der Waals surface area contributed by atoms with Gasteiger partial charge in [-0.3, -0.25) is 4.79 Å². The zero-order valence-corrected chi connectivity index (χ0v) is 12.8. The van der Waals surface area contributed by atoms with Crippen molar-refractivity contribution in [3.63, 3.8) is 0 Å². The van der Waals surface area contributed by atoms with Gasteiger partial charge in [-0.05, 0) is 49.2 Å². The number of benzene rings is 2. The summed E-state index contributed by atoms with van der Waals surface area (Å²) < 4.78 is 5.58. The smallest absolute Gasteiger partial charge is 0.201 e. The molecule has 2 aromatic carbocycles. The lowest BCUT2D eigenvalue weighted by atomic mass is 10.1. The lowest BCUT2D eigenvalue weighted by Crippen LogP contribution is -2.12. The fraction of sp³-hybridized carbons (Fsp3) is 0.188. The lowest BCUT2D eigenvalue weighted by molar-refractivity contribution is 0.0921. The fourth-order valence-corrected chi connectivity index (χ4v) is 2.19. The molecule has 0 amide bonds. The van der Waals surface area contributed by atoms with Gasteiger partial charge in [0.25, 0.3) is 0 Å². The molecule has 104 valence electrons. The van der Waals surface area contributed by atoms with E-state index in [2.05, 4.69) is 0 Å². The summed E-state index contributed by atoms with van der Waals surface area (Å²) in [6.45, 7) is 3.85. The Hall–Kier alpha value is -1.51. The maximum absolute atomic E-state index is 12.1. The number of aryl methyl sites for hydroxylation is 2. The van der Waals surface area contributed by atoms with Crippen molar-refractivity contribution in [2.45, 2.75) is 13.8 Å². The first-order chi connectivity index (χ1) is 9.47. The van der Waals surface area contributed by atoms with Gasteiger partial charge in [0.15, 0.2) is 6.61 Å². The van der Waals surface area contributed by atoms with E-state index in [1.807, 2.05) is 32.0 Å². The van der Waals surface area contributed by atoms with Crippen LogP contribution in [0.15, 0.2) is 36.4 Å². The van der Waals surface area contributed by atoms with E-state index < -0.39 is 0 Å². The summed E-state index contributed by atoms with van der Waals surface area (Å²) in [6.07, 6.45) is 0. The van der Waals surface area contributed by atoms with Crippen LogP contribution in [0.2, 0.25) is 10.0 Å². The topological polar surface area (TPSA) is 26.3 Å². The first-order valence-electron chi connectivity index (χ1n) is 6.15. The summed E-state index contributed by atoms with van der Waals surface area (Å²) in [5.74, 6) is 0.509. The van der Waals surface area contributed by atoms with Crippen LogP contribution in [0.3, 0.4) is 0 Å². The normalized spacial score (nSPS) is 10.4. The largest absolute Gasteiger partial charge is 0.485 e. The van der Waals surface area contributed by atoms with Crippen LogP contribution in [0.25, 0.3) is 0 Å². The molecule has 4 heteroatoms. The van der Waals surface area contributed by atoms with Gasteiger partial charge in [-0.2, -0.15) is 0 Å². The molecule has 0 aromatic heterocycles. The van der Waals surface area contributed by atoms with E-state index in [9.17, 15) is 4.79 Å². The van der Waals surface area contributed by atoms with E-state index in [4.69, 9.17) is 27.9 Å². The number of halogens is 2. The third-order valence-corrected chi connectivity index (χ3v) is 3.50. The van der Waals surface area contributed by atoms with Crippen LogP contribution in [-0.4, -0.2) is 12.4 Å². The van der Waals surface area contributed by atoms with Crippen LogP contribution >= 0.6 is 23.2 Å². The van der Waals surface area contributed by atoms with Crippen molar-refractivity contribution in [2.75, 3.05) is 6.61 Å². The monoisotopic (exact) mass is 308 g/mol. The summed E-state index contributed by atoms with van der Waals surface area (Å²) in [5.41, 5.74) is 2.45. The Labute approximate surface area is 128 Å². The molecule has 0 saturated carbocycles. The minimum atomic E-state index is -0.196. The quantitative estimate of drug-likeness (QED) is 0.753. The second-order valence-corrected chi connectivity index (χ2v) is 5.45. The minimum Gasteiger partial charge on any atom is -0.485 e. The molecule has 0 spiro atoms. The van der Waals surface area contributed by atoms with E-state index in [0.717, 1.165) is 11.1 Å². The Morgan fingerprint density at radius 1 is 1.10 bits per heavy atom. The molecule has 0 N–H and O–H groups in total. The molecule has 0 heterocycles. The third kappa shape index (κ3) is 3.53. The molecule has 0 fully saturated rings. The molecule has 0 aliphatic heterocycles. The summed E-state index contributed by atoms with van der Waals surface area (Å²) in [5, 5.41) is 0.855. The highest BCUT2D eigenvalue weighted by Gasteiger charge is 2.12. The van der Waals surface area contributed by atoms with E-state index in [-0.39, 0.29) is 12.4 Å². The van der Waals surface area contributed by atoms with Crippen molar-refractivity contribution in [1.29, 1.82) is 0 Å². The second kappa shape index (κ2) is 6.29. The van der Waals surface area contributed by atoms with Crippen molar-refractivity contribution >= 4 is 29.0 Å². The third-order valence-electron chi connectivity index (χ3n) is 2.93. The van der Waals surface area contributed by atoms with Gasteiger partial charge in [0, 0.05) is 10.6 Å². The number of Topliss-reactive ketones (excluding diaryl/α,β-unsaturated/α-hetero) is 1. The molecule has 0 atom stereocenters. The molecule has 0 aliphatic rings. The molecule has 0 bridgehead atoms. The Balaban J connectivity index is 2.12. The lowest BCUT2D eigenvalue weighted by Gasteiger charge is -2.10. The van der Waals surface area contributed by atoms with E-state index in [1.165, 1.54) is 0 Å². The molecule has 0 aliphatic carbocycles. The maximum atomic E-state index is 12.1. The van der Waals surface area contributed by atoms with Gasteiger partial charge in [0.05, 0.1) is 5.02 Å². The van der Waals surface area contributed by atoms with Crippen molar-refractivity contribution in [3.05, 3.63) is 63.1 Å². The highest BCUT2D eigenvalue weighted by Crippen LogP contribution is 2.23. The molecule has 20 heavy (non-hydrogen) atoms. The van der Waals surface area contributed by atoms with Gasteiger partial charge < -0.3 is 4.74 Å². The first kappa shape index (κ1) is 14.9. The molecular formula is C16H14Cl2O2. The van der Waals surface area contributed by atoms with E-state index in [0.29, 0.717) is 21.4 Å². The average molecular weight is 309 g/mol. The molecule has 2 nitrogen and oxygen atoms in total. The Morgan fingerprint density at radius 3 is 2.60 bits per heavy atom. The number of carbonyl (C=O) groups is 1. The van der Waals surface area contributed by atoms with E-state index >= 15 is 0 Å².